The molecule has 1 rings (SSSR count). The van der Waals surface area contributed by atoms with Crippen molar-refractivity contribution in [2.75, 3.05) is 6.61 Å². The highest BCUT2D eigenvalue weighted by molar-refractivity contribution is 5.68. The van der Waals surface area contributed by atoms with Gasteiger partial charge in [0.15, 0.2) is 0 Å². The van der Waals surface area contributed by atoms with Crippen molar-refractivity contribution >= 4 is 5.97 Å². The van der Waals surface area contributed by atoms with Crippen LogP contribution < -0.4 is 0 Å². The number of hydrogen-bond donors (Lipinski definition) is 1. The first-order valence-corrected chi connectivity index (χ1v) is 4.22. The summed E-state index contributed by atoms with van der Waals surface area (Å²) in [4.78, 5) is 10.3. The fraction of sp³-hybridized carbons (Fsp3) is 0.500. The molecule has 0 aromatic heterocycles. The predicted octanol–water partition coefficient (Wildman–Crippen LogP) is 1.61. The molecule has 0 fully saturated rings. The third-order valence-electron chi connectivity index (χ3n) is 2.04. The van der Waals surface area contributed by atoms with Gasteiger partial charge in [0.2, 0.25) is 0 Å². The van der Waals surface area contributed by atoms with Crippen molar-refractivity contribution in [1.29, 1.82) is 0 Å². The summed E-state index contributed by atoms with van der Waals surface area (Å²) < 4.78 is 5.22. The van der Waals surface area contributed by atoms with Crippen molar-refractivity contribution in [2.45, 2.75) is 20.0 Å². The Labute approximate surface area is 77.7 Å². The van der Waals surface area contributed by atoms with E-state index in [9.17, 15) is 4.79 Å². The molecular weight excluding hydrogens is 168 g/mol. The van der Waals surface area contributed by atoms with Gasteiger partial charge in [0, 0.05) is 5.41 Å². The number of carboxylic acid groups (broad SMARTS) is 1. The van der Waals surface area contributed by atoms with E-state index in [4.69, 9.17) is 9.84 Å². The van der Waals surface area contributed by atoms with Crippen molar-refractivity contribution in [1.82, 2.24) is 0 Å². The molecule has 0 radical (unpaired) electrons. The van der Waals surface area contributed by atoms with E-state index in [2.05, 4.69) is 0 Å². The van der Waals surface area contributed by atoms with Crippen LogP contribution in [0.3, 0.4) is 0 Å². The minimum absolute atomic E-state index is 0.121. The number of carboxylic acids is 1. The van der Waals surface area contributed by atoms with Crippen LogP contribution >= 0.6 is 0 Å². The smallest absolute Gasteiger partial charge is 0.329 e. The van der Waals surface area contributed by atoms with Gasteiger partial charge >= 0.3 is 5.97 Å². The zero-order valence-electron chi connectivity index (χ0n) is 7.86. The molecule has 1 atom stereocenters. The van der Waals surface area contributed by atoms with Gasteiger partial charge in [0.05, 0.1) is 6.10 Å². The number of aliphatic carboxylic acids is 1. The summed E-state index contributed by atoms with van der Waals surface area (Å²) in [5.74, 6) is -0.932. The van der Waals surface area contributed by atoms with Crippen LogP contribution in [0, 0.1) is 5.41 Å². The molecule has 1 aliphatic carbocycles. The molecule has 0 aromatic rings. The largest absolute Gasteiger partial charge is 0.480 e. The molecule has 3 nitrogen and oxygen atoms in total. The Morgan fingerprint density at radius 1 is 1.54 bits per heavy atom. The van der Waals surface area contributed by atoms with Crippen molar-refractivity contribution in [3.63, 3.8) is 0 Å². The minimum Gasteiger partial charge on any atom is -0.480 e. The minimum atomic E-state index is -0.932. The van der Waals surface area contributed by atoms with Crippen LogP contribution in [0.5, 0.6) is 0 Å². The molecule has 1 aliphatic rings. The first-order valence-electron chi connectivity index (χ1n) is 4.22. The van der Waals surface area contributed by atoms with Gasteiger partial charge in [-0.1, -0.05) is 38.2 Å². The highest BCUT2D eigenvalue weighted by Gasteiger charge is 2.27. The van der Waals surface area contributed by atoms with Gasteiger partial charge in [0.25, 0.3) is 0 Å². The summed E-state index contributed by atoms with van der Waals surface area (Å²) in [6.07, 6.45) is 7.56. The Morgan fingerprint density at radius 3 is 2.77 bits per heavy atom. The van der Waals surface area contributed by atoms with Gasteiger partial charge in [-0.3, -0.25) is 0 Å². The van der Waals surface area contributed by atoms with Crippen molar-refractivity contribution in [3.05, 3.63) is 24.3 Å². The molecule has 1 N–H and O–H groups in total. The molecule has 13 heavy (non-hydrogen) atoms. The molecule has 0 aliphatic heterocycles. The molecule has 0 amide bonds. The quantitative estimate of drug-likeness (QED) is 0.721. The topological polar surface area (TPSA) is 46.5 Å². The molecule has 1 unspecified atom stereocenters. The van der Waals surface area contributed by atoms with Crippen molar-refractivity contribution in [3.8, 4) is 0 Å². The van der Waals surface area contributed by atoms with Gasteiger partial charge in [-0.25, -0.2) is 4.79 Å². The van der Waals surface area contributed by atoms with Gasteiger partial charge in [-0.2, -0.15) is 0 Å². The molecule has 0 heterocycles. The summed E-state index contributed by atoms with van der Waals surface area (Å²) in [5, 5.41) is 8.45. The van der Waals surface area contributed by atoms with E-state index in [1.165, 1.54) is 0 Å². The summed E-state index contributed by atoms with van der Waals surface area (Å²) in [6, 6.07) is 0. The standard InChI is InChI=1S/C10H14O3/c1-10(2)6-4-3-5-8(10)13-7-9(11)12/h3-6,8H,7H2,1-2H3,(H,11,12). The van der Waals surface area contributed by atoms with E-state index in [1.54, 1.807) is 0 Å². The van der Waals surface area contributed by atoms with Gasteiger partial charge in [-0.05, 0) is 0 Å². The molecule has 72 valence electrons. The zero-order chi connectivity index (χ0) is 9.90. The highest BCUT2D eigenvalue weighted by Crippen LogP contribution is 2.28. The van der Waals surface area contributed by atoms with E-state index < -0.39 is 5.97 Å². The molecular formula is C10H14O3. The van der Waals surface area contributed by atoms with Crippen molar-refractivity contribution < 1.29 is 14.6 Å². The maximum Gasteiger partial charge on any atom is 0.329 e. The van der Waals surface area contributed by atoms with Gasteiger partial charge < -0.3 is 9.84 Å². The van der Waals surface area contributed by atoms with Crippen LogP contribution in [0.15, 0.2) is 24.3 Å². The lowest BCUT2D eigenvalue weighted by Gasteiger charge is -2.30. The maximum atomic E-state index is 10.3. The summed E-state index contributed by atoms with van der Waals surface area (Å²) in [7, 11) is 0. The van der Waals surface area contributed by atoms with Crippen LogP contribution in [0.2, 0.25) is 0 Å². The van der Waals surface area contributed by atoms with E-state index in [1.807, 2.05) is 38.2 Å². The fourth-order valence-corrected chi connectivity index (χ4v) is 1.24. The Morgan fingerprint density at radius 2 is 2.23 bits per heavy atom. The Hall–Kier alpha value is -1.09. The van der Waals surface area contributed by atoms with Gasteiger partial charge in [0.1, 0.15) is 6.61 Å². The molecule has 0 bridgehead atoms. The number of allylic oxidation sites excluding steroid dienone is 2. The van der Waals surface area contributed by atoms with Crippen LogP contribution in [0.1, 0.15) is 13.8 Å². The third-order valence-corrected chi connectivity index (χ3v) is 2.04. The van der Waals surface area contributed by atoms with Crippen LogP contribution in [0.4, 0.5) is 0 Å². The third kappa shape index (κ3) is 2.70. The van der Waals surface area contributed by atoms with E-state index in [0.29, 0.717) is 0 Å². The summed E-state index contributed by atoms with van der Waals surface area (Å²) in [5.41, 5.74) is -0.121. The number of carbonyl (C=O) groups is 1. The second kappa shape index (κ2) is 3.75. The zero-order valence-corrected chi connectivity index (χ0v) is 7.86. The summed E-state index contributed by atoms with van der Waals surface area (Å²) >= 11 is 0. The van der Waals surface area contributed by atoms with Crippen LogP contribution in [0.25, 0.3) is 0 Å². The maximum absolute atomic E-state index is 10.3. The molecule has 0 saturated carbocycles. The SMILES string of the molecule is CC1(C)C=CC=CC1OCC(=O)O. The fourth-order valence-electron chi connectivity index (χ4n) is 1.24. The molecule has 0 aromatic carbocycles. The lowest BCUT2D eigenvalue weighted by atomic mass is 9.83. The molecule has 3 heteroatoms. The van der Waals surface area contributed by atoms with E-state index in [-0.39, 0.29) is 18.1 Å². The highest BCUT2D eigenvalue weighted by atomic mass is 16.5. The Kier molecular flexibility index (Phi) is 2.88. The van der Waals surface area contributed by atoms with Crippen LogP contribution in [-0.4, -0.2) is 23.8 Å². The average molecular weight is 182 g/mol. The van der Waals surface area contributed by atoms with E-state index in [0.717, 1.165) is 0 Å². The normalized spacial score (nSPS) is 24.6. The average Bonchev–Trinajstić information content (AvgIpc) is 2.01. The second-order valence-electron chi connectivity index (χ2n) is 3.69. The predicted molar refractivity (Wildman–Crippen MR) is 49.4 cm³/mol. The van der Waals surface area contributed by atoms with Crippen molar-refractivity contribution in [2.24, 2.45) is 5.41 Å². The molecule has 0 spiro atoms. The first kappa shape index (κ1) is 9.99. The Balaban J connectivity index is 2.54. The molecule has 0 saturated heterocycles. The summed E-state index contributed by atoms with van der Waals surface area (Å²) in [6.45, 7) is 3.78. The first-order chi connectivity index (χ1) is 6.02. The lowest BCUT2D eigenvalue weighted by Crippen LogP contribution is -2.31. The van der Waals surface area contributed by atoms with Crippen LogP contribution in [-0.2, 0) is 9.53 Å². The number of ether oxygens (including phenoxy) is 1. The van der Waals surface area contributed by atoms with E-state index >= 15 is 0 Å². The Bertz CT molecular complexity index is 251. The lowest BCUT2D eigenvalue weighted by molar-refractivity contribution is -0.144. The number of rotatable bonds is 3. The van der Waals surface area contributed by atoms with Gasteiger partial charge in [-0.15, -0.1) is 0 Å². The second-order valence-corrected chi connectivity index (χ2v) is 3.69. The number of hydrogen-bond acceptors (Lipinski definition) is 2. The monoisotopic (exact) mass is 182 g/mol.